The lowest BCUT2D eigenvalue weighted by Crippen LogP contribution is -2.47. The lowest BCUT2D eigenvalue weighted by atomic mass is 10.3. The average Bonchev–Trinajstić information content (AvgIpc) is 2.31. The number of carbonyl (C=O) groups is 1. The van der Waals surface area contributed by atoms with Gasteiger partial charge < -0.3 is 15.5 Å². The highest BCUT2D eigenvalue weighted by Gasteiger charge is 2.31. The molecule has 1 atom stereocenters. The molecule has 0 aromatic rings. The number of carbonyl (C=O) groups excluding carboxylic acids is 1. The molecular weight excluding hydrogens is 388 g/mol. The van der Waals surface area contributed by atoms with Crippen LogP contribution in [0.25, 0.3) is 0 Å². The van der Waals surface area contributed by atoms with Gasteiger partial charge in [0, 0.05) is 20.1 Å². The third-order valence-electron chi connectivity index (χ3n) is 2.47. The van der Waals surface area contributed by atoms with Gasteiger partial charge in [0.15, 0.2) is 5.96 Å². The molecular formula is C11H22F3IN4O. The monoisotopic (exact) mass is 410 g/mol. The number of hydrogen-bond acceptors (Lipinski definition) is 2. The molecule has 0 spiro atoms. The molecule has 2 N–H and O–H groups in total. The number of alkyl halides is 3. The molecule has 120 valence electrons. The van der Waals surface area contributed by atoms with E-state index < -0.39 is 18.6 Å². The van der Waals surface area contributed by atoms with E-state index in [-0.39, 0.29) is 36.6 Å². The van der Waals surface area contributed by atoms with Gasteiger partial charge in [-0.25, -0.2) is 0 Å². The third-order valence-corrected chi connectivity index (χ3v) is 2.47. The molecule has 1 unspecified atom stereocenters. The Bertz CT molecular complexity index is 323. The van der Waals surface area contributed by atoms with Crippen molar-refractivity contribution in [3.63, 3.8) is 0 Å². The molecule has 0 aliphatic rings. The van der Waals surface area contributed by atoms with Gasteiger partial charge in [-0.2, -0.15) is 13.2 Å². The Morgan fingerprint density at radius 3 is 2.35 bits per heavy atom. The summed E-state index contributed by atoms with van der Waals surface area (Å²) in [4.78, 5) is 16.0. The number of guanidine groups is 1. The predicted octanol–water partition coefficient (Wildman–Crippen LogP) is 1.59. The number of amides is 1. The Hall–Kier alpha value is -0.740. The number of aliphatic imine (C=N–C) groups is 1. The number of halogens is 4. The van der Waals surface area contributed by atoms with E-state index in [1.54, 1.807) is 0 Å². The topological polar surface area (TPSA) is 56.7 Å². The maximum absolute atomic E-state index is 12.1. The first kappa shape index (κ1) is 21.6. The summed E-state index contributed by atoms with van der Waals surface area (Å²) in [7, 11) is 2.64. The van der Waals surface area contributed by atoms with Crippen LogP contribution in [0, 0.1) is 0 Å². The minimum atomic E-state index is -4.39. The lowest BCUT2D eigenvalue weighted by molar-refractivity contribution is -0.157. The normalized spacial score (nSPS) is 13.2. The van der Waals surface area contributed by atoms with Crippen LogP contribution in [0.15, 0.2) is 4.99 Å². The molecule has 0 saturated heterocycles. The Balaban J connectivity index is 0. The summed E-state index contributed by atoms with van der Waals surface area (Å²) >= 11 is 0. The van der Waals surface area contributed by atoms with Crippen molar-refractivity contribution in [2.45, 2.75) is 32.5 Å². The number of nitrogens with one attached hydrogen (secondary N) is 2. The quantitative estimate of drug-likeness (QED) is 0.411. The van der Waals surface area contributed by atoms with Crippen molar-refractivity contribution in [3.8, 4) is 0 Å². The highest BCUT2D eigenvalue weighted by Crippen LogP contribution is 2.15. The van der Waals surface area contributed by atoms with E-state index in [4.69, 9.17) is 0 Å². The Morgan fingerprint density at radius 2 is 1.95 bits per heavy atom. The second-order valence-electron chi connectivity index (χ2n) is 4.24. The first-order chi connectivity index (χ1) is 8.69. The average molecular weight is 410 g/mol. The van der Waals surface area contributed by atoms with E-state index in [2.05, 4.69) is 15.6 Å². The smallest absolute Gasteiger partial charge is 0.354 e. The summed E-state index contributed by atoms with van der Waals surface area (Å²) in [5.41, 5.74) is 0. The zero-order chi connectivity index (χ0) is 15.1. The van der Waals surface area contributed by atoms with Crippen LogP contribution in [-0.4, -0.2) is 56.2 Å². The second kappa shape index (κ2) is 10.1. The fourth-order valence-corrected chi connectivity index (χ4v) is 1.18. The van der Waals surface area contributed by atoms with Crippen molar-refractivity contribution >= 4 is 35.8 Å². The van der Waals surface area contributed by atoms with Crippen molar-refractivity contribution in [1.82, 2.24) is 15.5 Å². The van der Waals surface area contributed by atoms with Crippen LogP contribution < -0.4 is 10.6 Å². The van der Waals surface area contributed by atoms with Gasteiger partial charge in [0.1, 0.15) is 6.54 Å². The van der Waals surface area contributed by atoms with E-state index in [1.807, 2.05) is 13.8 Å². The van der Waals surface area contributed by atoms with E-state index in [1.165, 1.54) is 7.05 Å². The maximum atomic E-state index is 12.1. The molecule has 0 saturated carbocycles. The zero-order valence-electron chi connectivity index (χ0n) is 12.0. The molecule has 0 heterocycles. The molecule has 0 aliphatic carbocycles. The van der Waals surface area contributed by atoms with Crippen LogP contribution in [0.2, 0.25) is 0 Å². The highest BCUT2D eigenvalue weighted by molar-refractivity contribution is 14.0. The van der Waals surface area contributed by atoms with Crippen molar-refractivity contribution < 1.29 is 18.0 Å². The minimum Gasteiger partial charge on any atom is -0.354 e. The first-order valence-electron chi connectivity index (χ1n) is 5.97. The minimum absolute atomic E-state index is 0. The predicted molar refractivity (Wildman–Crippen MR) is 83.4 cm³/mol. The Labute approximate surface area is 134 Å². The molecule has 9 heteroatoms. The van der Waals surface area contributed by atoms with E-state index in [0.29, 0.717) is 10.9 Å². The summed E-state index contributed by atoms with van der Waals surface area (Å²) in [5, 5.41) is 5.69. The van der Waals surface area contributed by atoms with E-state index >= 15 is 0 Å². The molecule has 0 aromatic carbocycles. The highest BCUT2D eigenvalue weighted by atomic mass is 127. The number of nitrogens with zero attached hydrogens (tertiary/aromatic N) is 2. The molecule has 0 radical (unpaired) electrons. The zero-order valence-corrected chi connectivity index (χ0v) is 14.4. The molecule has 0 bridgehead atoms. The fourth-order valence-electron chi connectivity index (χ4n) is 1.18. The van der Waals surface area contributed by atoms with Gasteiger partial charge in [-0.05, 0) is 13.3 Å². The van der Waals surface area contributed by atoms with Gasteiger partial charge in [0.2, 0.25) is 5.91 Å². The van der Waals surface area contributed by atoms with Crippen molar-refractivity contribution in [3.05, 3.63) is 0 Å². The van der Waals surface area contributed by atoms with Crippen molar-refractivity contribution in [2.24, 2.45) is 4.99 Å². The molecule has 0 rings (SSSR count). The van der Waals surface area contributed by atoms with Gasteiger partial charge in [0.05, 0.1) is 6.54 Å². The molecule has 1 amide bonds. The number of hydrogen-bond donors (Lipinski definition) is 2. The van der Waals surface area contributed by atoms with Gasteiger partial charge in [-0.3, -0.25) is 9.79 Å². The molecule has 20 heavy (non-hydrogen) atoms. The number of likely N-dealkylation sites (N-methyl/N-ethyl adjacent to an activating group) is 1. The van der Waals surface area contributed by atoms with Crippen LogP contribution >= 0.6 is 24.0 Å². The van der Waals surface area contributed by atoms with Gasteiger partial charge >= 0.3 is 6.18 Å². The van der Waals surface area contributed by atoms with Crippen LogP contribution in [0.5, 0.6) is 0 Å². The summed E-state index contributed by atoms with van der Waals surface area (Å²) in [5.74, 6) is -0.257. The van der Waals surface area contributed by atoms with Crippen LogP contribution in [0.3, 0.4) is 0 Å². The van der Waals surface area contributed by atoms with Gasteiger partial charge in [0.25, 0.3) is 0 Å². The van der Waals surface area contributed by atoms with E-state index in [0.717, 1.165) is 13.5 Å². The second-order valence-corrected chi connectivity index (χ2v) is 4.24. The molecule has 5 nitrogen and oxygen atoms in total. The molecule has 0 aliphatic heterocycles. The Kier molecular flexibility index (Phi) is 10.8. The number of rotatable bonds is 5. The third kappa shape index (κ3) is 10.1. The van der Waals surface area contributed by atoms with E-state index in [9.17, 15) is 18.0 Å². The lowest BCUT2D eigenvalue weighted by Gasteiger charge is -2.21. The molecule has 0 fully saturated rings. The summed E-state index contributed by atoms with van der Waals surface area (Å²) in [6.45, 7) is 2.42. The summed E-state index contributed by atoms with van der Waals surface area (Å²) in [6.07, 6.45) is -3.52. The maximum Gasteiger partial charge on any atom is 0.406 e. The van der Waals surface area contributed by atoms with Crippen molar-refractivity contribution in [2.75, 3.05) is 27.2 Å². The summed E-state index contributed by atoms with van der Waals surface area (Å²) < 4.78 is 36.3. The largest absolute Gasteiger partial charge is 0.406 e. The SMILES string of the molecule is CCC(C)NC(=NC)NCC(=O)N(C)CC(F)(F)F.I. The Morgan fingerprint density at radius 1 is 1.40 bits per heavy atom. The van der Waals surface area contributed by atoms with Crippen LogP contribution in [0.4, 0.5) is 13.2 Å². The van der Waals surface area contributed by atoms with Crippen LogP contribution in [-0.2, 0) is 4.79 Å². The van der Waals surface area contributed by atoms with Gasteiger partial charge in [-0.15, -0.1) is 24.0 Å². The van der Waals surface area contributed by atoms with Crippen molar-refractivity contribution in [1.29, 1.82) is 0 Å². The van der Waals surface area contributed by atoms with Crippen LogP contribution in [0.1, 0.15) is 20.3 Å². The molecule has 0 aromatic heterocycles. The standard InChI is InChI=1S/C11H21F3N4O.HI/c1-5-8(2)17-10(15-3)16-6-9(19)18(4)7-11(12,13)14;/h8H,5-7H2,1-4H3,(H2,15,16,17);1H. The van der Waals surface area contributed by atoms with Gasteiger partial charge in [-0.1, -0.05) is 6.92 Å². The fraction of sp³-hybridized carbons (Fsp3) is 0.818. The summed E-state index contributed by atoms with van der Waals surface area (Å²) in [6, 6.07) is 0.161. The first-order valence-corrected chi connectivity index (χ1v) is 5.97.